The number of hydrogen-bond donors (Lipinski definition) is 1. The van der Waals surface area contributed by atoms with Gasteiger partial charge in [-0.3, -0.25) is 4.79 Å². The minimum Gasteiger partial charge on any atom is -0.488 e. The van der Waals surface area contributed by atoms with Gasteiger partial charge < -0.3 is 14.8 Å². The molecule has 1 aliphatic heterocycles. The number of carbonyl (C=O) groups excluding carboxylic acids is 2. The van der Waals surface area contributed by atoms with E-state index in [0.717, 1.165) is 16.9 Å². The first-order valence-electron chi connectivity index (χ1n) is 8.04. The molecule has 0 radical (unpaired) electrons. The Kier molecular flexibility index (Phi) is 4.84. The first kappa shape index (κ1) is 16.8. The highest BCUT2D eigenvalue weighted by atomic mass is 16.6. The third-order valence-corrected chi connectivity index (χ3v) is 3.83. The van der Waals surface area contributed by atoms with Crippen molar-refractivity contribution >= 4 is 23.6 Å². The first-order chi connectivity index (χ1) is 12.0. The van der Waals surface area contributed by atoms with Gasteiger partial charge in [0, 0.05) is 11.3 Å². The third kappa shape index (κ3) is 4.07. The number of anilines is 1. The van der Waals surface area contributed by atoms with E-state index in [9.17, 15) is 9.59 Å². The van der Waals surface area contributed by atoms with Crippen molar-refractivity contribution in [2.75, 3.05) is 11.9 Å². The molecule has 1 amide bonds. The van der Waals surface area contributed by atoms with E-state index in [0.29, 0.717) is 11.3 Å². The van der Waals surface area contributed by atoms with Crippen LogP contribution in [-0.4, -0.2) is 24.6 Å². The lowest BCUT2D eigenvalue weighted by Gasteiger charge is -2.19. The number of para-hydroxylation sites is 1. The largest absolute Gasteiger partial charge is 0.488 e. The van der Waals surface area contributed by atoms with Crippen molar-refractivity contribution in [2.24, 2.45) is 0 Å². The maximum Gasteiger partial charge on any atom is 0.338 e. The van der Waals surface area contributed by atoms with Gasteiger partial charge in [0.15, 0.2) is 6.10 Å². The maximum atomic E-state index is 12.3. The van der Waals surface area contributed by atoms with Crippen molar-refractivity contribution in [3.8, 4) is 5.75 Å². The standard InChI is InChI=1S/C20H19NO4/c1-13-6-5-8-17(10-13)21-19(22)14(2)25-20(23)16-11-15-7-3-4-9-18(15)24-12-16/h3-11,14H,12H2,1-2H3,(H,21,22)/t14-/m0/s1. The highest BCUT2D eigenvalue weighted by molar-refractivity contribution is 5.99. The zero-order valence-corrected chi connectivity index (χ0v) is 14.1. The fourth-order valence-corrected chi connectivity index (χ4v) is 2.49. The van der Waals surface area contributed by atoms with Gasteiger partial charge in [-0.05, 0) is 43.7 Å². The molecule has 5 heteroatoms. The lowest BCUT2D eigenvalue weighted by Crippen LogP contribution is -2.31. The second-order valence-corrected chi connectivity index (χ2v) is 5.90. The molecule has 0 bridgehead atoms. The van der Waals surface area contributed by atoms with Crippen LogP contribution in [0.25, 0.3) is 6.08 Å². The van der Waals surface area contributed by atoms with E-state index in [2.05, 4.69) is 5.32 Å². The minimum absolute atomic E-state index is 0.127. The van der Waals surface area contributed by atoms with Crippen LogP contribution in [0, 0.1) is 6.92 Å². The molecule has 0 unspecified atom stereocenters. The predicted molar refractivity (Wildman–Crippen MR) is 95.3 cm³/mol. The number of aryl methyl sites for hydroxylation is 1. The quantitative estimate of drug-likeness (QED) is 0.869. The fourth-order valence-electron chi connectivity index (χ4n) is 2.49. The van der Waals surface area contributed by atoms with Gasteiger partial charge >= 0.3 is 5.97 Å². The van der Waals surface area contributed by atoms with Crippen molar-refractivity contribution in [1.29, 1.82) is 0 Å². The van der Waals surface area contributed by atoms with Gasteiger partial charge in [-0.2, -0.15) is 0 Å². The fraction of sp³-hybridized carbons (Fsp3) is 0.200. The Hall–Kier alpha value is -3.08. The molecule has 1 aliphatic rings. The number of rotatable bonds is 4. The first-order valence-corrected chi connectivity index (χ1v) is 8.04. The lowest BCUT2D eigenvalue weighted by atomic mass is 10.1. The Morgan fingerprint density at radius 2 is 1.96 bits per heavy atom. The van der Waals surface area contributed by atoms with E-state index >= 15 is 0 Å². The van der Waals surface area contributed by atoms with Gasteiger partial charge in [-0.15, -0.1) is 0 Å². The van der Waals surface area contributed by atoms with E-state index in [-0.39, 0.29) is 12.5 Å². The summed E-state index contributed by atoms with van der Waals surface area (Å²) in [6.07, 6.45) is 0.817. The van der Waals surface area contributed by atoms with Crippen molar-refractivity contribution in [1.82, 2.24) is 0 Å². The zero-order valence-electron chi connectivity index (χ0n) is 14.1. The van der Waals surface area contributed by atoms with E-state index in [1.165, 1.54) is 0 Å². The highest BCUT2D eigenvalue weighted by Gasteiger charge is 2.23. The van der Waals surface area contributed by atoms with Gasteiger partial charge in [0.2, 0.25) is 0 Å². The lowest BCUT2D eigenvalue weighted by molar-refractivity contribution is -0.149. The molecule has 0 spiro atoms. The highest BCUT2D eigenvalue weighted by Crippen LogP contribution is 2.26. The van der Waals surface area contributed by atoms with Gasteiger partial charge in [0.1, 0.15) is 12.4 Å². The molecule has 25 heavy (non-hydrogen) atoms. The third-order valence-electron chi connectivity index (χ3n) is 3.83. The molecule has 0 saturated heterocycles. The molecule has 0 fully saturated rings. The molecule has 128 valence electrons. The van der Waals surface area contributed by atoms with E-state index in [4.69, 9.17) is 9.47 Å². The van der Waals surface area contributed by atoms with Crippen molar-refractivity contribution in [2.45, 2.75) is 20.0 Å². The second kappa shape index (κ2) is 7.21. The smallest absolute Gasteiger partial charge is 0.338 e. The molecule has 5 nitrogen and oxygen atoms in total. The molecular formula is C20H19NO4. The Balaban J connectivity index is 1.63. The molecule has 0 saturated carbocycles. The number of carbonyl (C=O) groups is 2. The minimum atomic E-state index is -0.911. The monoisotopic (exact) mass is 337 g/mol. The Morgan fingerprint density at radius 3 is 2.76 bits per heavy atom. The van der Waals surface area contributed by atoms with Crippen LogP contribution >= 0.6 is 0 Å². The molecule has 1 heterocycles. The Labute approximate surface area is 146 Å². The molecule has 3 rings (SSSR count). The summed E-state index contributed by atoms with van der Waals surface area (Å²) in [5.41, 5.74) is 2.90. The Bertz CT molecular complexity index is 841. The van der Waals surface area contributed by atoms with Crippen LogP contribution in [0.15, 0.2) is 54.1 Å². The zero-order chi connectivity index (χ0) is 17.8. The normalized spacial score (nSPS) is 13.8. The number of esters is 1. The van der Waals surface area contributed by atoms with E-state index in [1.54, 1.807) is 19.1 Å². The number of fused-ring (bicyclic) bond motifs is 1. The predicted octanol–water partition coefficient (Wildman–Crippen LogP) is 3.34. The van der Waals surface area contributed by atoms with Crippen LogP contribution in [0.2, 0.25) is 0 Å². The molecule has 2 aromatic rings. The number of hydrogen-bond acceptors (Lipinski definition) is 4. The van der Waals surface area contributed by atoms with Gasteiger partial charge in [-0.1, -0.05) is 30.3 Å². The molecular weight excluding hydrogens is 318 g/mol. The van der Waals surface area contributed by atoms with Crippen molar-refractivity contribution < 1.29 is 19.1 Å². The Morgan fingerprint density at radius 1 is 1.16 bits per heavy atom. The second-order valence-electron chi connectivity index (χ2n) is 5.90. The summed E-state index contributed by atoms with van der Waals surface area (Å²) in [6.45, 7) is 3.61. The molecule has 0 aromatic heterocycles. The van der Waals surface area contributed by atoms with Crippen LogP contribution in [-0.2, 0) is 14.3 Å². The average molecular weight is 337 g/mol. The van der Waals surface area contributed by atoms with Crippen LogP contribution in [0.4, 0.5) is 5.69 Å². The molecule has 1 atom stereocenters. The topological polar surface area (TPSA) is 64.6 Å². The van der Waals surface area contributed by atoms with Gasteiger partial charge in [0.25, 0.3) is 5.91 Å². The van der Waals surface area contributed by atoms with Gasteiger partial charge in [-0.25, -0.2) is 4.79 Å². The molecule has 2 aromatic carbocycles. The van der Waals surface area contributed by atoms with E-state index in [1.807, 2.05) is 49.4 Å². The molecule has 1 N–H and O–H groups in total. The van der Waals surface area contributed by atoms with Crippen LogP contribution in [0.1, 0.15) is 18.1 Å². The number of benzene rings is 2. The van der Waals surface area contributed by atoms with E-state index < -0.39 is 12.1 Å². The van der Waals surface area contributed by atoms with Crippen molar-refractivity contribution in [3.05, 3.63) is 65.2 Å². The summed E-state index contributed by atoms with van der Waals surface area (Å²) in [5.74, 6) is -0.206. The summed E-state index contributed by atoms with van der Waals surface area (Å²) >= 11 is 0. The summed E-state index contributed by atoms with van der Waals surface area (Å²) in [6, 6.07) is 14.9. The van der Waals surface area contributed by atoms with Crippen LogP contribution < -0.4 is 10.1 Å². The van der Waals surface area contributed by atoms with Gasteiger partial charge in [0.05, 0.1) is 5.57 Å². The summed E-state index contributed by atoms with van der Waals surface area (Å²) < 4.78 is 10.8. The summed E-state index contributed by atoms with van der Waals surface area (Å²) in [7, 11) is 0. The number of amides is 1. The van der Waals surface area contributed by atoms with Crippen molar-refractivity contribution in [3.63, 3.8) is 0 Å². The molecule has 0 aliphatic carbocycles. The number of ether oxygens (including phenoxy) is 2. The van der Waals surface area contributed by atoms with Crippen LogP contribution in [0.5, 0.6) is 5.75 Å². The van der Waals surface area contributed by atoms with Crippen LogP contribution in [0.3, 0.4) is 0 Å². The number of nitrogens with one attached hydrogen (secondary N) is 1. The summed E-state index contributed by atoms with van der Waals surface area (Å²) in [5, 5.41) is 2.74. The SMILES string of the molecule is Cc1cccc(NC(=O)[C@H](C)OC(=O)C2=Cc3ccccc3OC2)c1. The summed E-state index contributed by atoms with van der Waals surface area (Å²) in [4.78, 5) is 24.5. The average Bonchev–Trinajstić information content (AvgIpc) is 2.61. The maximum absolute atomic E-state index is 12.3.